The first-order valence-electron chi connectivity index (χ1n) is 5.70. The minimum atomic E-state index is 0.207. The Bertz CT molecular complexity index is 304. The second-order valence-electron chi connectivity index (χ2n) is 4.02. The molecule has 0 aliphatic rings. The molecular weight excluding hydrogens is 218 g/mol. The number of aliphatic hydroxyl groups is 1. The molecule has 0 radical (unpaired) electrons. The van der Waals surface area contributed by atoms with Crippen LogP contribution in [0.4, 0.5) is 0 Å². The summed E-state index contributed by atoms with van der Waals surface area (Å²) in [6, 6.07) is 8.72. The minimum absolute atomic E-state index is 0.207. The van der Waals surface area contributed by atoms with E-state index in [0.717, 1.165) is 18.1 Å². The highest BCUT2D eigenvalue weighted by Gasteiger charge is 1.99. The number of hydrogen-bond acceptors (Lipinski definition) is 3. The molecule has 16 heavy (non-hydrogen) atoms. The van der Waals surface area contributed by atoms with Crippen molar-refractivity contribution in [2.45, 2.75) is 25.6 Å². The normalized spacial score (nSPS) is 12.7. The lowest BCUT2D eigenvalue weighted by atomic mass is 10.1. The second-order valence-corrected chi connectivity index (χ2v) is 5.12. The van der Waals surface area contributed by atoms with Crippen molar-refractivity contribution in [3.05, 3.63) is 35.4 Å². The predicted molar refractivity (Wildman–Crippen MR) is 71.9 cm³/mol. The van der Waals surface area contributed by atoms with Crippen LogP contribution >= 0.6 is 11.8 Å². The van der Waals surface area contributed by atoms with Gasteiger partial charge in [0.15, 0.2) is 0 Å². The maximum atomic E-state index is 8.84. The fraction of sp³-hybridized carbons (Fsp3) is 0.538. The third-order valence-electron chi connectivity index (χ3n) is 2.53. The summed E-state index contributed by atoms with van der Waals surface area (Å²) < 4.78 is 0. The monoisotopic (exact) mass is 239 g/mol. The van der Waals surface area contributed by atoms with Gasteiger partial charge in [0.25, 0.3) is 0 Å². The molecule has 0 spiro atoms. The first-order valence-corrected chi connectivity index (χ1v) is 6.86. The van der Waals surface area contributed by atoms with Crippen LogP contribution in [0.15, 0.2) is 24.3 Å². The highest BCUT2D eigenvalue weighted by atomic mass is 32.2. The van der Waals surface area contributed by atoms with E-state index in [-0.39, 0.29) is 12.6 Å². The smallest absolute Gasteiger partial charge is 0.0581 e. The van der Waals surface area contributed by atoms with Crippen LogP contribution in [0.3, 0.4) is 0 Å². The number of rotatable bonds is 7. The Balaban J connectivity index is 2.14. The Kier molecular flexibility index (Phi) is 6.53. The molecule has 0 fully saturated rings. The molecule has 0 aliphatic carbocycles. The summed E-state index contributed by atoms with van der Waals surface area (Å²) in [5.74, 6) is 2.15. The Labute approximate surface area is 102 Å². The Hall–Kier alpha value is -0.510. The molecule has 2 N–H and O–H groups in total. The number of hydrogen-bond donors (Lipinski definition) is 2. The largest absolute Gasteiger partial charge is 0.395 e. The summed E-state index contributed by atoms with van der Waals surface area (Å²) in [6.45, 7) is 5.31. The predicted octanol–water partition coefficient (Wildman–Crippen LogP) is 2.20. The standard InChI is InChI=1S/C13H21NOS/c1-11-5-3-4-6-13(11)10-16-8-7-14-12(2)9-15/h3-6,12,14-15H,7-10H2,1-2H3. The fourth-order valence-corrected chi connectivity index (χ4v) is 2.35. The SMILES string of the molecule is Cc1ccccc1CSCCNC(C)CO. The van der Waals surface area contributed by atoms with Gasteiger partial charge in [0, 0.05) is 24.1 Å². The molecule has 0 amide bonds. The Morgan fingerprint density at radius 2 is 2.12 bits per heavy atom. The average molecular weight is 239 g/mol. The van der Waals surface area contributed by atoms with E-state index in [1.165, 1.54) is 11.1 Å². The summed E-state index contributed by atoms with van der Waals surface area (Å²) in [5, 5.41) is 12.1. The maximum absolute atomic E-state index is 8.84. The van der Waals surface area contributed by atoms with E-state index in [1.54, 1.807) is 0 Å². The molecule has 1 rings (SSSR count). The summed E-state index contributed by atoms with van der Waals surface area (Å²) in [4.78, 5) is 0. The van der Waals surface area contributed by atoms with Gasteiger partial charge in [-0.15, -0.1) is 0 Å². The highest BCUT2D eigenvalue weighted by Crippen LogP contribution is 2.15. The molecule has 90 valence electrons. The Morgan fingerprint density at radius 1 is 1.38 bits per heavy atom. The van der Waals surface area contributed by atoms with E-state index in [4.69, 9.17) is 5.11 Å². The fourth-order valence-electron chi connectivity index (χ4n) is 1.40. The molecule has 2 nitrogen and oxygen atoms in total. The zero-order valence-corrected chi connectivity index (χ0v) is 10.9. The van der Waals surface area contributed by atoms with Crippen molar-refractivity contribution in [1.29, 1.82) is 0 Å². The second kappa shape index (κ2) is 7.71. The molecule has 3 heteroatoms. The molecule has 0 heterocycles. The van der Waals surface area contributed by atoms with Crippen LogP contribution in [0, 0.1) is 6.92 Å². The van der Waals surface area contributed by atoms with Crippen LogP contribution in [0.5, 0.6) is 0 Å². The van der Waals surface area contributed by atoms with Crippen molar-refractivity contribution in [3.8, 4) is 0 Å². The van der Waals surface area contributed by atoms with Crippen molar-refractivity contribution in [3.63, 3.8) is 0 Å². The number of nitrogens with one attached hydrogen (secondary N) is 1. The van der Waals surface area contributed by atoms with Gasteiger partial charge in [-0.2, -0.15) is 11.8 Å². The number of benzene rings is 1. The molecule has 0 bridgehead atoms. The summed E-state index contributed by atoms with van der Waals surface area (Å²) in [5.41, 5.74) is 2.79. The summed E-state index contributed by atoms with van der Waals surface area (Å²) >= 11 is 1.93. The third kappa shape index (κ3) is 5.01. The Morgan fingerprint density at radius 3 is 2.81 bits per heavy atom. The van der Waals surface area contributed by atoms with Crippen molar-refractivity contribution in [2.75, 3.05) is 18.9 Å². The van der Waals surface area contributed by atoms with Crippen molar-refractivity contribution < 1.29 is 5.11 Å². The average Bonchev–Trinajstić information content (AvgIpc) is 2.30. The lowest BCUT2D eigenvalue weighted by Crippen LogP contribution is -2.31. The van der Waals surface area contributed by atoms with Crippen molar-refractivity contribution in [2.24, 2.45) is 0 Å². The van der Waals surface area contributed by atoms with Crippen molar-refractivity contribution in [1.82, 2.24) is 5.32 Å². The zero-order valence-electron chi connectivity index (χ0n) is 10.1. The van der Waals surface area contributed by atoms with Gasteiger partial charge in [-0.1, -0.05) is 24.3 Å². The highest BCUT2D eigenvalue weighted by molar-refractivity contribution is 7.98. The van der Waals surface area contributed by atoms with Crippen LogP contribution in [0.2, 0.25) is 0 Å². The van der Waals surface area contributed by atoms with Gasteiger partial charge in [0.1, 0.15) is 0 Å². The number of thioether (sulfide) groups is 1. The van der Waals surface area contributed by atoms with E-state index in [0.29, 0.717) is 0 Å². The molecule has 1 aromatic rings. The van der Waals surface area contributed by atoms with Crippen LogP contribution < -0.4 is 5.32 Å². The van der Waals surface area contributed by atoms with Gasteiger partial charge >= 0.3 is 0 Å². The molecule has 0 saturated heterocycles. The molecule has 1 unspecified atom stereocenters. The van der Waals surface area contributed by atoms with Gasteiger partial charge < -0.3 is 10.4 Å². The molecule has 0 aliphatic heterocycles. The van der Waals surface area contributed by atoms with Crippen LogP contribution in [-0.2, 0) is 5.75 Å². The van der Waals surface area contributed by atoms with Crippen LogP contribution in [-0.4, -0.2) is 30.1 Å². The lowest BCUT2D eigenvalue weighted by molar-refractivity contribution is 0.254. The van der Waals surface area contributed by atoms with Gasteiger partial charge in [-0.25, -0.2) is 0 Å². The van der Waals surface area contributed by atoms with Gasteiger partial charge in [0.05, 0.1) is 6.61 Å². The molecule has 0 saturated carbocycles. The minimum Gasteiger partial charge on any atom is -0.395 e. The van der Waals surface area contributed by atoms with E-state index in [9.17, 15) is 0 Å². The third-order valence-corrected chi connectivity index (χ3v) is 3.54. The molecule has 0 aromatic heterocycles. The number of aryl methyl sites for hydroxylation is 1. The summed E-state index contributed by atoms with van der Waals surface area (Å²) in [7, 11) is 0. The molecular formula is C13H21NOS. The van der Waals surface area contributed by atoms with Crippen LogP contribution in [0.1, 0.15) is 18.1 Å². The first kappa shape index (κ1) is 13.6. The van der Waals surface area contributed by atoms with Gasteiger partial charge in [0.2, 0.25) is 0 Å². The van der Waals surface area contributed by atoms with E-state index >= 15 is 0 Å². The van der Waals surface area contributed by atoms with Crippen molar-refractivity contribution >= 4 is 11.8 Å². The topological polar surface area (TPSA) is 32.3 Å². The van der Waals surface area contributed by atoms with Crippen LogP contribution in [0.25, 0.3) is 0 Å². The summed E-state index contributed by atoms with van der Waals surface area (Å²) in [6.07, 6.45) is 0. The van der Waals surface area contributed by atoms with Gasteiger partial charge in [-0.3, -0.25) is 0 Å². The molecule has 1 aromatic carbocycles. The lowest BCUT2D eigenvalue weighted by Gasteiger charge is -2.10. The maximum Gasteiger partial charge on any atom is 0.0581 e. The van der Waals surface area contributed by atoms with E-state index < -0.39 is 0 Å². The quantitative estimate of drug-likeness (QED) is 0.716. The van der Waals surface area contributed by atoms with Gasteiger partial charge in [-0.05, 0) is 25.0 Å². The first-order chi connectivity index (χ1) is 7.74. The number of aliphatic hydroxyl groups excluding tert-OH is 1. The van der Waals surface area contributed by atoms with E-state index in [1.807, 2.05) is 18.7 Å². The van der Waals surface area contributed by atoms with E-state index in [2.05, 4.69) is 36.5 Å². The zero-order chi connectivity index (χ0) is 11.8. The molecule has 1 atom stereocenters.